The lowest BCUT2D eigenvalue weighted by atomic mass is 10.0. The zero-order valence-electron chi connectivity index (χ0n) is 14.2. The highest BCUT2D eigenvalue weighted by atomic mass is 16.5. The fourth-order valence-corrected chi connectivity index (χ4v) is 3.84. The second-order valence-electron chi connectivity index (χ2n) is 6.88. The van der Waals surface area contributed by atoms with Crippen LogP contribution >= 0.6 is 0 Å². The van der Waals surface area contributed by atoms with E-state index in [0.29, 0.717) is 36.7 Å². The van der Waals surface area contributed by atoms with E-state index in [1.807, 2.05) is 34.3 Å². The highest BCUT2D eigenvalue weighted by Gasteiger charge is 2.45. The van der Waals surface area contributed by atoms with Crippen molar-refractivity contribution in [2.75, 3.05) is 19.7 Å². The van der Waals surface area contributed by atoms with Crippen LogP contribution in [0.1, 0.15) is 10.4 Å². The lowest BCUT2D eigenvalue weighted by Gasteiger charge is -2.17. The van der Waals surface area contributed by atoms with E-state index in [4.69, 9.17) is 4.74 Å². The van der Waals surface area contributed by atoms with E-state index in [1.54, 1.807) is 23.2 Å². The maximum Gasteiger partial charge on any atom is 0.311 e. The van der Waals surface area contributed by atoms with Gasteiger partial charge in [-0.15, -0.1) is 10.2 Å². The molecule has 0 spiro atoms. The zero-order valence-corrected chi connectivity index (χ0v) is 14.2. The predicted molar refractivity (Wildman–Crippen MR) is 91.2 cm³/mol. The van der Waals surface area contributed by atoms with Gasteiger partial charge in [0.05, 0.1) is 23.8 Å². The predicted octanol–water partition coefficient (Wildman–Crippen LogP) is 0.980. The van der Waals surface area contributed by atoms with Crippen molar-refractivity contribution in [3.8, 4) is 11.5 Å². The van der Waals surface area contributed by atoms with Crippen LogP contribution in [-0.2, 0) is 16.6 Å². The highest BCUT2D eigenvalue weighted by Crippen LogP contribution is 2.31. The number of hydrogen-bond acceptors (Lipinski definition) is 5. The van der Waals surface area contributed by atoms with Crippen LogP contribution in [0.15, 0.2) is 36.7 Å². The Labute approximate surface area is 149 Å². The third-order valence-corrected chi connectivity index (χ3v) is 5.29. The number of carbonyl (C=O) groups is 2. The SMILES string of the molecule is Cn1cccc1-c1nnc2ccc(C(=O)N3C[C@@H]4COC(=O)[C@@H]4C3)cn12. The fraction of sp³-hybridized carbons (Fsp3) is 0.333. The maximum absolute atomic E-state index is 12.9. The molecule has 2 fully saturated rings. The molecule has 3 aromatic heterocycles. The molecule has 5 rings (SSSR count). The third-order valence-electron chi connectivity index (χ3n) is 5.29. The summed E-state index contributed by atoms with van der Waals surface area (Å²) in [5.41, 5.74) is 2.15. The molecule has 3 aromatic rings. The van der Waals surface area contributed by atoms with E-state index in [0.717, 1.165) is 5.69 Å². The molecule has 0 aliphatic carbocycles. The second kappa shape index (κ2) is 5.42. The highest BCUT2D eigenvalue weighted by molar-refractivity contribution is 5.95. The van der Waals surface area contributed by atoms with E-state index < -0.39 is 0 Å². The maximum atomic E-state index is 12.9. The van der Waals surface area contributed by atoms with Gasteiger partial charge in [-0.25, -0.2) is 0 Å². The number of pyridine rings is 1. The average molecular weight is 351 g/mol. The molecule has 1 amide bonds. The van der Waals surface area contributed by atoms with Crippen molar-refractivity contribution in [2.45, 2.75) is 0 Å². The molecular weight excluding hydrogens is 334 g/mol. The number of rotatable bonds is 2. The average Bonchev–Trinajstić information content (AvgIpc) is 3.39. The minimum absolute atomic E-state index is 0.0827. The molecule has 0 N–H and O–H groups in total. The summed E-state index contributed by atoms with van der Waals surface area (Å²) < 4.78 is 8.85. The first-order valence-electron chi connectivity index (χ1n) is 8.54. The molecular formula is C18H17N5O3. The number of carbonyl (C=O) groups excluding carboxylic acids is 2. The monoisotopic (exact) mass is 351 g/mol. The standard InChI is InChI=1S/C18H17N5O3/c1-21-6-2-3-14(21)16-20-19-15-5-4-11(8-23(15)16)17(24)22-7-12-10-26-18(25)13(12)9-22/h2-6,8,12-13H,7,9-10H2,1H3/t12-,13-/m1/s1. The van der Waals surface area contributed by atoms with Crippen molar-refractivity contribution in [2.24, 2.45) is 18.9 Å². The van der Waals surface area contributed by atoms with Gasteiger partial charge in [0.25, 0.3) is 5.91 Å². The largest absolute Gasteiger partial charge is 0.465 e. The summed E-state index contributed by atoms with van der Waals surface area (Å²) in [5, 5.41) is 8.44. The normalized spacial score (nSPS) is 22.0. The molecule has 2 atom stereocenters. The Morgan fingerprint density at radius 2 is 2.12 bits per heavy atom. The number of aryl methyl sites for hydroxylation is 1. The molecule has 26 heavy (non-hydrogen) atoms. The number of hydrogen-bond donors (Lipinski definition) is 0. The number of cyclic esters (lactones) is 1. The Morgan fingerprint density at radius 3 is 2.88 bits per heavy atom. The van der Waals surface area contributed by atoms with Gasteiger partial charge in [0.15, 0.2) is 11.5 Å². The first-order valence-corrected chi connectivity index (χ1v) is 8.54. The van der Waals surface area contributed by atoms with Crippen molar-refractivity contribution in [3.05, 3.63) is 42.2 Å². The fourth-order valence-electron chi connectivity index (χ4n) is 3.84. The van der Waals surface area contributed by atoms with E-state index in [-0.39, 0.29) is 23.7 Å². The number of esters is 1. The number of ether oxygens (including phenoxy) is 1. The minimum Gasteiger partial charge on any atom is -0.465 e. The first-order chi connectivity index (χ1) is 12.6. The van der Waals surface area contributed by atoms with Crippen LogP contribution in [-0.4, -0.2) is 55.6 Å². The van der Waals surface area contributed by atoms with Gasteiger partial charge in [0.2, 0.25) is 0 Å². The van der Waals surface area contributed by atoms with Crippen molar-refractivity contribution in [1.82, 2.24) is 24.1 Å². The summed E-state index contributed by atoms with van der Waals surface area (Å²) in [6.45, 7) is 1.39. The van der Waals surface area contributed by atoms with Crippen molar-refractivity contribution < 1.29 is 14.3 Å². The van der Waals surface area contributed by atoms with Crippen molar-refractivity contribution >= 4 is 17.5 Å². The van der Waals surface area contributed by atoms with E-state index in [2.05, 4.69) is 10.2 Å². The topological polar surface area (TPSA) is 81.7 Å². The summed E-state index contributed by atoms with van der Waals surface area (Å²) in [6.07, 6.45) is 3.71. The van der Waals surface area contributed by atoms with Crippen LogP contribution in [0.25, 0.3) is 17.2 Å². The molecule has 2 aliphatic rings. The summed E-state index contributed by atoms with van der Waals surface area (Å²) in [7, 11) is 1.94. The number of aromatic nitrogens is 4. The van der Waals surface area contributed by atoms with E-state index in [1.165, 1.54) is 0 Å². The van der Waals surface area contributed by atoms with Crippen LogP contribution in [0, 0.1) is 11.8 Å². The lowest BCUT2D eigenvalue weighted by Crippen LogP contribution is -2.31. The van der Waals surface area contributed by atoms with Gasteiger partial charge < -0.3 is 14.2 Å². The summed E-state index contributed by atoms with van der Waals surface area (Å²) in [6, 6.07) is 7.44. The Kier molecular flexibility index (Phi) is 3.15. The molecule has 0 aromatic carbocycles. The van der Waals surface area contributed by atoms with Crippen LogP contribution < -0.4 is 0 Å². The lowest BCUT2D eigenvalue weighted by molar-refractivity contribution is -0.141. The Bertz CT molecular complexity index is 1040. The smallest absolute Gasteiger partial charge is 0.311 e. The van der Waals surface area contributed by atoms with Gasteiger partial charge in [0.1, 0.15) is 0 Å². The van der Waals surface area contributed by atoms with Crippen LogP contribution in [0.2, 0.25) is 0 Å². The van der Waals surface area contributed by atoms with Gasteiger partial charge in [-0.3, -0.25) is 14.0 Å². The van der Waals surface area contributed by atoms with Gasteiger partial charge >= 0.3 is 5.97 Å². The second-order valence-corrected chi connectivity index (χ2v) is 6.88. The molecule has 8 heteroatoms. The van der Waals surface area contributed by atoms with Crippen molar-refractivity contribution in [3.63, 3.8) is 0 Å². The summed E-state index contributed by atoms with van der Waals surface area (Å²) in [5.74, 6) is 0.343. The Morgan fingerprint density at radius 1 is 1.23 bits per heavy atom. The van der Waals surface area contributed by atoms with Crippen molar-refractivity contribution in [1.29, 1.82) is 0 Å². The summed E-state index contributed by atoms with van der Waals surface area (Å²) in [4.78, 5) is 26.4. The molecule has 2 aliphatic heterocycles. The molecule has 2 saturated heterocycles. The zero-order chi connectivity index (χ0) is 17.8. The molecule has 0 radical (unpaired) electrons. The molecule has 0 unspecified atom stereocenters. The van der Waals surface area contributed by atoms with E-state index >= 15 is 0 Å². The Hall–Kier alpha value is -3.16. The quantitative estimate of drug-likeness (QED) is 0.643. The molecule has 0 saturated carbocycles. The number of likely N-dealkylation sites (tertiary alicyclic amines) is 1. The van der Waals surface area contributed by atoms with Crippen LogP contribution in [0.5, 0.6) is 0 Å². The molecule has 8 nitrogen and oxygen atoms in total. The van der Waals surface area contributed by atoms with E-state index in [9.17, 15) is 9.59 Å². The minimum atomic E-state index is -0.189. The molecule has 5 heterocycles. The van der Waals surface area contributed by atoms with Gasteiger partial charge in [-0.1, -0.05) is 0 Å². The first kappa shape index (κ1) is 15.1. The van der Waals surface area contributed by atoms with Gasteiger partial charge in [-0.05, 0) is 24.3 Å². The van der Waals surface area contributed by atoms with Crippen LogP contribution in [0.4, 0.5) is 0 Å². The number of amides is 1. The number of nitrogens with zero attached hydrogens (tertiary/aromatic N) is 5. The summed E-state index contributed by atoms with van der Waals surface area (Å²) >= 11 is 0. The Balaban J connectivity index is 1.49. The number of fused-ring (bicyclic) bond motifs is 2. The molecule has 0 bridgehead atoms. The van der Waals surface area contributed by atoms with Crippen LogP contribution in [0.3, 0.4) is 0 Å². The molecule has 132 valence electrons. The third kappa shape index (κ3) is 2.15. The van der Waals surface area contributed by atoms with Gasteiger partial charge in [0, 0.05) is 38.4 Å². The van der Waals surface area contributed by atoms with Gasteiger partial charge in [-0.2, -0.15) is 0 Å².